The van der Waals surface area contributed by atoms with Crippen LogP contribution in [0, 0.1) is 11.3 Å². The standard InChI is InChI=1S/C18H26BNO5/c1-6-14(21)12-23-15-8-7-13(11-16(15)22-10-9-20)19-24-17(2,3)18(4,5)25-19/h7-8,11,14,21H,6,10,12H2,1-5H3. The van der Waals surface area contributed by atoms with Crippen LogP contribution in [0.15, 0.2) is 18.2 Å². The van der Waals surface area contributed by atoms with Crippen molar-refractivity contribution in [1.29, 1.82) is 5.26 Å². The predicted octanol–water partition coefficient (Wildman–Crippen LogP) is 2.04. The van der Waals surface area contributed by atoms with Crippen molar-refractivity contribution in [3.63, 3.8) is 0 Å². The van der Waals surface area contributed by atoms with Gasteiger partial charge < -0.3 is 23.9 Å². The Morgan fingerprint density at radius 2 is 1.80 bits per heavy atom. The molecule has 1 aromatic carbocycles. The number of benzene rings is 1. The molecule has 2 rings (SSSR count). The SMILES string of the molecule is CCC(O)COc1ccc(B2OC(C)(C)C(C)(C)O2)cc1OCC#N. The van der Waals surface area contributed by atoms with Crippen molar-refractivity contribution in [1.82, 2.24) is 0 Å². The highest BCUT2D eigenvalue weighted by molar-refractivity contribution is 6.62. The molecular formula is C18H26BNO5. The molecule has 1 aliphatic rings. The Labute approximate surface area is 149 Å². The largest absolute Gasteiger partial charge is 0.494 e. The summed E-state index contributed by atoms with van der Waals surface area (Å²) in [7, 11) is -0.523. The Morgan fingerprint density at radius 1 is 1.16 bits per heavy atom. The van der Waals surface area contributed by atoms with Crippen molar-refractivity contribution < 1.29 is 23.9 Å². The van der Waals surface area contributed by atoms with E-state index in [1.54, 1.807) is 12.1 Å². The van der Waals surface area contributed by atoms with Crippen molar-refractivity contribution in [2.75, 3.05) is 13.2 Å². The fourth-order valence-corrected chi connectivity index (χ4v) is 2.30. The maximum atomic E-state index is 9.67. The summed E-state index contributed by atoms with van der Waals surface area (Å²) in [5.41, 5.74) is -0.0905. The summed E-state index contributed by atoms with van der Waals surface area (Å²) in [5.74, 6) is 0.903. The summed E-state index contributed by atoms with van der Waals surface area (Å²) >= 11 is 0. The summed E-state index contributed by atoms with van der Waals surface area (Å²) in [6, 6.07) is 7.29. The smallest absolute Gasteiger partial charge is 0.487 e. The molecule has 0 aliphatic carbocycles. The minimum Gasteiger partial charge on any atom is -0.487 e. The summed E-state index contributed by atoms with van der Waals surface area (Å²) < 4.78 is 23.2. The van der Waals surface area contributed by atoms with Gasteiger partial charge in [-0.15, -0.1) is 0 Å². The van der Waals surface area contributed by atoms with Gasteiger partial charge in [-0.25, -0.2) is 0 Å². The van der Waals surface area contributed by atoms with E-state index in [4.69, 9.17) is 24.0 Å². The molecule has 1 unspecified atom stereocenters. The zero-order chi connectivity index (χ0) is 18.7. The first-order valence-electron chi connectivity index (χ1n) is 8.50. The Balaban J connectivity index is 2.22. The molecule has 1 saturated heterocycles. The molecule has 1 fully saturated rings. The molecule has 0 spiro atoms. The van der Waals surface area contributed by atoms with Gasteiger partial charge in [-0.2, -0.15) is 5.26 Å². The third kappa shape index (κ3) is 4.46. The Morgan fingerprint density at radius 3 is 2.36 bits per heavy atom. The minimum absolute atomic E-state index is 0.0977. The number of nitriles is 1. The summed E-state index contributed by atoms with van der Waals surface area (Å²) in [6.07, 6.45) is 0.0482. The van der Waals surface area contributed by atoms with Gasteiger partial charge in [0.15, 0.2) is 18.1 Å². The van der Waals surface area contributed by atoms with E-state index in [9.17, 15) is 5.11 Å². The third-order valence-corrected chi connectivity index (χ3v) is 4.69. The van der Waals surface area contributed by atoms with Crippen molar-refractivity contribution in [2.45, 2.75) is 58.3 Å². The molecule has 0 saturated carbocycles. The maximum Gasteiger partial charge on any atom is 0.494 e. The van der Waals surface area contributed by atoms with Crippen LogP contribution in [-0.4, -0.2) is 42.7 Å². The number of rotatable bonds is 7. The van der Waals surface area contributed by atoms with E-state index < -0.39 is 24.4 Å². The van der Waals surface area contributed by atoms with Crippen LogP contribution >= 0.6 is 0 Å². The summed E-state index contributed by atoms with van der Waals surface area (Å²) in [4.78, 5) is 0. The van der Waals surface area contributed by atoms with Gasteiger partial charge >= 0.3 is 7.12 Å². The number of hydrogen-bond donors (Lipinski definition) is 1. The van der Waals surface area contributed by atoms with Gasteiger partial charge in [0.05, 0.1) is 17.3 Å². The topological polar surface area (TPSA) is 80.9 Å². The van der Waals surface area contributed by atoms with Crippen molar-refractivity contribution in [2.24, 2.45) is 0 Å². The Bertz CT molecular complexity index is 625. The summed E-state index contributed by atoms with van der Waals surface area (Å²) in [5, 5.41) is 18.5. The lowest BCUT2D eigenvalue weighted by molar-refractivity contribution is 0.00578. The van der Waals surface area contributed by atoms with Gasteiger partial charge in [0, 0.05) is 0 Å². The van der Waals surface area contributed by atoms with Gasteiger partial charge in [-0.1, -0.05) is 13.0 Å². The molecule has 1 atom stereocenters. The van der Waals surface area contributed by atoms with E-state index in [1.807, 2.05) is 46.8 Å². The van der Waals surface area contributed by atoms with Crippen LogP contribution in [0.5, 0.6) is 11.5 Å². The highest BCUT2D eigenvalue weighted by atomic mass is 16.7. The van der Waals surface area contributed by atoms with E-state index >= 15 is 0 Å². The maximum absolute atomic E-state index is 9.67. The molecular weight excluding hydrogens is 321 g/mol. The molecule has 0 bridgehead atoms. The normalized spacial score (nSPS) is 19.3. The molecule has 1 aliphatic heterocycles. The molecule has 0 aromatic heterocycles. The van der Waals surface area contributed by atoms with Gasteiger partial charge in [0.2, 0.25) is 0 Å². The number of nitrogens with zero attached hydrogens (tertiary/aromatic N) is 1. The molecule has 6 nitrogen and oxygen atoms in total. The first-order valence-corrected chi connectivity index (χ1v) is 8.50. The average molecular weight is 347 g/mol. The van der Waals surface area contributed by atoms with Crippen LogP contribution in [0.1, 0.15) is 41.0 Å². The Hall–Kier alpha value is -1.75. The molecule has 0 radical (unpaired) electrons. The molecule has 7 heteroatoms. The quantitative estimate of drug-likeness (QED) is 0.761. The van der Waals surface area contributed by atoms with Crippen molar-refractivity contribution in [3.05, 3.63) is 18.2 Å². The van der Waals surface area contributed by atoms with Crippen LogP contribution in [0.25, 0.3) is 0 Å². The van der Waals surface area contributed by atoms with Gasteiger partial charge in [-0.3, -0.25) is 0 Å². The van der Waals surface area contributed by atoms with Crippen molar-refractivity contribution >= 4 is 12.6 Å². The highest BCUT2D eigenvalue weighted by Crippen LogP contribution is 2.37. The highest BCUT2D eigenvalue weighted by Gasteiger charge is 2.51. The third-order valence-electron chi connectivity index (χ3n) is 4.69. The van der Waals surface area contributed by atoms with E-state index in [0.717, 1.165) is 5.46 Å². The zero-order valence-corrected chi connectivity index (χ0v) is 15.5. The number of aliphatic hydroxyl groups excluding tert-OH is 1. The molecule has 136 valence electrons. The molecule has 1 aromatic rings. The second-order valence-corrected chi connectivity index (χ2v) is 7.11. The molecule has 1 N–H and O–H groups in total. The zero-order valence-electron chi connectivity index (χ0n) is 15.5. The summed E-state index contributed by atoms with van der Waals surface area (Å²) in [6.45, 7) is 9.90. The second kappa shape index (κ2) is 7.65. The molecule has 25 heavy (non-hydrogen) atoms. The van der Waals surface area contributed by atoms with Gasteiger partial charge in [0.25, 0.3) is 0 Å². The molecule has 1 heterocycles. The van der Waals surface area contributed by atoms with Crippen LogP contribution < -0.4 is 14.9 Å². The monoisotopic (exact) mass is 347 g/mol. The average Bonchev–Trinajstić information content (AvgIpc) is 2.78. The fourth-order valence-electron chi connectivity index (χ4n) is 2.30. The molecule has 0 amide bonds. The lowest BCUT2D eigenvalue weighted by Gasteiger charge is -2.32. The van der Waals surface area contributed by atoms with Crippen LogP contribution in [0.4, 0.5) is 0 Å². The number of aliphatic hydroxyl groups is 1. The predicted molar refractivity (Wildman–Crippen MR) is 95.1 cm³/mol. The van der Waals surface area contributed by atoms with Gasteiger partial charge in [0.1, 0.15) is 12.7 Å². The first kappa shape index (κ1) is 19.6. The van der Waals surface area contributed by atoms with E-state index in [-0.39, 0.29) is 13.2 Å². The minimum atomic E-state index is -0.549. The fraction of sp³-hybridized carbons (Fsp3) is 0.611. The lowest BCUT2D eigenvalue weighted by atomic mass is 9.79. The Kier molecular flexibility index (Phi) is 5.99. The van der Waals surface area contributed by atoms with Gasteiger partial charge in [-0.05, 0) is 51.7 Å². The van der Waals surface area contributed by atoms with Crippen molar-refractivity contribution in [3.8, 4) is 17.6 Å². The van der Waals surface area contributed by atoms with E-state index in [1.165, 1.54) is 0 Å². The van der Waals surface area contributed by atoms with Crippen LogP contribution in [-0.2, 0) is 9.31 Å². The van der Waals surface area contributed by atoms with Crippen LogP contribution in [0.2, 0.25) is 0 Å². The van der Waals surface area contributed by atoms with Crippen LogP contribution in [0.3, 0.4) is 0 Å². The lowest BCUT2D eigenvalue weighted by Crippen LogP contribution is -2.41. The van der Waals surface area contributed by atoms with E-state index in [0.29, 0.717) is 17.9 Å². The van der Waals surface area contributed by atoms with E-state index in [2.05, 4.69) is 0 Å². The number of ether oxygens (including phenoxy) is 2. The number of hydrogen-bond acceptors (Lipinski definition) is 6. The second-order valence-electron chi connectivity index (χ2n) is 7.11. The first-order chi connectivity index (χ1) is 11.7.